The number of carbonyl (C=O) groups is 1. The van der Waals surface area contributed by atoms with Crippen molar-refractivity contribution < 1.29 is 14.3 Å². The van der Waals surface area contributed by atoms with Gasteiger partial charge in [-0.3, -0.25) is 9.48 Å². The lowest BCUT2D eigenvalue weighted by Crippen LogP contribution is -2.14. The van der Waals surface area contributed by atoms with Crippen LogP contribution in [0.3, 0.4) is 0 Å². The van der Waals surface area contributed by atoms with Crippen LogP contribution in [0, 0.1) is 0 Å². The fraction of sp³-hybridized carbons (Fsp3) is 0.667. The molecule has 0 aliphatic heterocycles. The summed E-state index contributed by atoms with van der Waals surface area (Å²) in [7, 11) is 1.61. The fourth-order valence-electron chi connectivity index (χ4n) is 1.58. The van der Waals surface area contributed by atoms with E-state index in [1.54, 1.807) is 11.8 Å². The Balaban J connectivity index is 2.57. The molecule has 0 atom stereocenters. The van der Waals surface area contributed by atoms with Crippen molar-refractivity contribution in [1.29, 1.82) is 0 Å². The Kier molecular flexibility index (Phi) is 6.93. The van der Waals surface area contributed by atoms with Gasteiger partial charge in [0, 0.05) is 26.7 Å². The molecule has 1 aromatic rings. The maximum absolute atomic E-state index is 12.0. The van der Waals surface area contributed by atoms with Gasteiger partial charge in [0.05, 0.1) is 24.4 Å². The molecule has 0 aliphatic rings. The number of Topliss-reactive ketones (excluding diaryl/α,β-unsaturated/α-hetero) is 1. The maximum Gasteiger partial charge on any atom is 0.182 e. The molecule has 5 nitrogen and oxygen atoms in total. The summed E-state index contributed by atoms with van der Waals surface area (Å²) in [5, 5.41) is 4.47. The highest BCUT2D eigenvalue weighted by molar-refractivity contribution is 6.33. The van der Waals surface area contributed by atoms with Crippen molar-refractivity contribution >= 4 is 17.4 Å². The predicted octanol–water partition coefficient (Wildman–Crippen LogP) is 2.18. The van der Waals surface area contributed by atoms with Gasteiger partial charge in [0.25, 0.3) is 0 Å². The SMILES string of the molecule is CCOCCCC(=O)c1c(Cl)cnn1CCOC. The number of halogens is 1. The number of methoxy groups -OCH3 is 1. The van der Waals surface area contributed by atoms with Crippen LogP contribution in [0.4, 0.5) is 0 Å². The third kappa shape index (κ3) is 4.40. The summed E-state index contributed by atoms with van der Waals surface area (Å²) in [6.45, 7) is 4.21. The van der Waals surface area contributed by atoms with E-state index < -0.39 is 0 Å². The highest BCUT2D eigenvalue weighted by Crippen LogP contribution is 2.17. The van der Waals surface area contributed by atoms with Gasteiger partial charge in [-0.25, -0.2) is 0 Å². The Morgan fingerprint density at radius 2 is 2.28 bits per heavy atom. The van der Waals surface area contributed by atoms with Crippen LogP contribution < -0.4 is 0 Å². The van der Waals surface area contributed by atoms with Crippen LogP contribution in [0.1, 0.15) is 30.3 Å². The zero-order valence-electron chi connectivity index (χ0n) is 10.8. The van der Waals surface area contributed by atoms with Gasteiger partial charge in [-0.1, -0.05) is 11.6 Å². The molecule has 1 heterocycles. The molecule has 0 spiro atoms. The average molecular weight is 275 g/mol. The Labute approximate surface area is 112 Å². The van der Waals surface area contributed by atoms with Gasteiger partial charge in [0.15, 0.2) is 5.78 Å². The first-order valence-electron chi connectivity index (χ1n) is 6.01. The number of aromatic nitrogens is 2. The van der Waals surface area contributed by atoms with E-state index in [0.29, 0.717) is 49.9 Å². The Morgan fingerprint density at radius 1 is 1.50 bits per heavy atom. The number of nitrogens with zero attached hydrogens (tertiary/aromatic N) is 2. The Bertz CT molecular complexity index is 379. The van der Waals surface area contributed by atoms with E-state index in [1.165, 1.54) is 6.20 Å². The first-order chi connectivity index (χ1) is 8.70. The lowest BCUT2D eigenvalue weighted by atomic mass is 10.2. The van der Waals surface area contributed by atoms with E-state index in [4.69, 9.17) is 21.1 Å². The van der Waals surface area contributed by atoms with Crippen molar-refractivity contribution in [3.63, 3.8) is 0 Å². The molecule has 6 heteroatoms. The zero-order chi connectivity index (χ0) is 13.4. The molecule has 0 aliphatic carbocycles. The molecular weight excluding hydrogens is 256 g/mol. The van der Waals surface area contributed by atoms with Crippen molar-refractivity contribution in [1.82, 2.24) is 9.78 Å². The number of rotatable bonds is 9. The average Bonchev–Trinajstić information content (AvgIpc) is 2.73. The third-order valence-electron chi connectivity index (χ3n) is 2.46. The molecule has 0 fully saturated rings. The van der Waals surface area contributed by atoms with Crippen LogP contribution in [0.5, 0.6) is 0 Å². The summed E-state index contributed by atoms with van der Waals surface area (Å²) >= 11 is 5.98. The van der Waals surface area contributed by atoms with Gasteiger partial charge in [-0.15, -0.1) is 0 Å². The molecule has 0 bridgehead atoms. The summed E-state index contributed by atoms with van der Waals surface area (Å²) in [4.78, 5) is 12.0. The highest BCUT2D eigenvalue weighted by atomic mass is 35.5. The minimum absolute atomic E-state index is 0.00620. The Hall–Kier alpha value is -0.910. The van der Waals surface area contributed by atoms with Gasteiger partial charge in [-0.05, 0) is 13.3 Å². The van der Waals surface area contributed by atoms with Crippen molar-refractivity contribution in [3.05, 3.63) is 16.9 Å². The number of ketones is 1. The molecule has 18 heavy (non-hydrogen) atoms. The summed E-state index contributed by atoms with van der Waals surface area (Å²) in [5.41, 5.74) is 0.463. The quantitative estimate of drug-likeness (QED) is 0.512. The predicted molar refractivity (Wildman–Crippen MR) is 69.2 cm³/mol. The van der Waals surface area contributed by atoms with E-state index in [-0.39, 0.29) is 5.78 Å². The van der Waals surface area contributed by atoms with E-state index in [1.807, 2.05) is 6.92 Å². The Morgan fingerprint density at radius 3 is 2.94 bits per heavy atom. The van der Waals surface area contributed by atoms with E-state index >= 15 is 0 Å². The van der Waals surface area contributed by atoms with Crippen LogP contribution in [0.15, 0.2) is 6.20 Å². The minimum atomic E-state index is -0.00620. The molecule has 102 valence electrons. The van der Waals surface area contributed by atoms with Crippen molar-refractivity contribution in [2.45, 2.75) is 26.3 Å². The lowest BCUT2D eigenvalue weighted by molar-refractivity contribution is 0.0933. The molecule has 0 amide bonds. The first kappa shape index (κ1) is 15.1. The van der Waals surface area contributed by atoms with E-state index in [9.17, 15) is 4.79 Å². The highest BCUT2D eigenvalue weighted by Gasteiger charge is 2.16. The largest absolute Gasteiger partial charge is 0.383 e. The van der Waals surface area contributed by atoms with Gasteiger partial charge in [0.1, 0.15) is 5.69 Å². The van der Waals surface area contributed by atoms with Crippen LogP contribution >= 0.6 is 11.6 Å². The molecule has 1 aromatic heterocycles. The van der Waals surface area contributed by atoms with E-state index in [0.717, 1.165) is 0 Å². The summed E-state index contributed by atoms with van der Waals surface area (Å²) in [5.74, 6) is -0.00620. The van der Waals surface area contributed by atoms with Crippen LogP contribution in [-0.4, -0.2) is 42.5 Å². The molecule has 0 saturated carbocycles. The van der Waals surface area contributed by atoms with Crippen LogP contribution in [0.25, 0.3) is 0 Å². The molecule has 0 aromatic carbocycles. The minimum Gasteiger partial charge on any atom is -0.383 e. The summed E-state index contributed by atoms with van der Waals surface area (Å²) in [6.07, 6.45) is 2.60. The summed E-state index contributed by atoms with van der Waals surface area (Å²) < 4.78 is 11.8. The summed E-state index contributed by atoms with van der Waals surface area (Å²) in [6, 6.07) is 0. The van der Waals surface area contributed by atoms with Crippen LogP contribution in [-0.2, 0) is 16.0 Å². The van der Waals surface area contributed by atoms with Crippen molar-refractivity contribution in [2.75, 3.05) is 26.9 Å². The van der Waals surface area contributed by atoms with Gasteiger partial charge in [-0.2, -0.15) is 5.10 Å². The van der Waals surface area contributed by atoms with Crippen LogP contribution in [0.2, 0.25) is 5.02 Å². The van der Waals surface area contributed by atoms with Crippen molar-refractivity contribution in [2.24, 2.45) is 0 Å². The normalized spacial score (nSPS) is 10.8. The molecule has 0 N–H and O–H groups in total. The molecule has 0 radical (unpaired) electrons. The smallest absolute Gasteiger partial charge is 0.182 e. The topological polar surface area (TPSA) is 53.3 Å². The maximum atomic E-state index is 12.0. The second kappa shape index (κ2) is 8.24. The molecule has 1 rings (SSSR count). The zero-order valence-corrected chi connectivity index (χ0v) is 11.6. The molecule has 0 saturated heterocycles. The molecular formula is C12H19ClN2O3. The van der Waals surface area contributed by atoms with Crippen molar-refractivity contribution in [3.8, 4) is 0 Å². The second-order valence-electron chi connectivity index (χ2n) is 3.78. The van der Waals surface area contributed by atoms with E-state index in [2.05, 4.69) is 5.10 Å². The first-order valence-corrected chi connectivity index (χ1v) is 6.39. The second-order valence-corrected chi connectivity index (χ2v) is 4.19. The lowest BCUT2D eigenvalue weighted by Gasteiger charge is -2.06. The van der Waals surface area contributed by atoms with Gasteiger partial charge in [0.2, 0.25) is 0 Å². The third-order valence-corrected chi connectivity index (χ3v) is 2.74. The number of hydrogen-bond donors (Lipinski definition) is 0. The molecule has 0 unspecified atom stereocenters. The van der Waals surface area contributed by atoms with Gasteiger partial charge >= 0.3 is 0 Å². The monoisotopic (exact) mass is 274 g/mol. The standard InChI is InChI=1S/C12H19ClN2O3/c1-3-18-7-4-5-11(16)12-10(13)9-14-15(12)6-8-17-2/h9H,3-8H2,1-2H3. The number of carbonyl (C=O) groups excluding carboxylic acids is 1. The fourth-order valence-corrected chi connectivity index (χ4v) is 1.83. The van der Waals surface area contributed by atoms with Gasteiger partial charge < -0.3 is 9.47 Å². The number of ether oxygens (including phenoxy) is 2. The number of hydrogen-bond acceptors (Lipinski definition) is 4.